The maximum atomic E-state index is 12.8. The van der Waals surface area contributed by atoms with Crippen molar-refractivity contribution < 1.29 is 4.79 Å². The Bertz CT molecular complexity index is 1590. The van der Waals surface area contributed by atoms with E-state index in [9.17, 15) is 4.79 Å². The third-order valence-corrected chi connectivity index (χ3v) is 8.49. The number of thioether (sulfide) groups is 1. The predicted octanol–water partition coefficient (Wildman–Crippen LogP) is 7.44. The number of carbonyl (C=O) groups is 1. The zero-order valence-electron chi connectivity index (χ0n) is 21.0. The Morgan fingerprint density at radius 2 is 1.53 bits per heavy atom. The van der Waals surface area contributed by atoms with Crippen LogP contribution in [0.5, 0.6) is 0 Å². The van der Waals surface area contributed by atoms with Crippen LogP contribution in [0, 0.1) is 0 Å². The minimum Gasteiger partial charge on any atom is -0.292 e. The van der Waals surface area contributed by atoms with E-state index in [2.05, 4.69) is 43.3 Å². The van der Waals surface area contributed by atoms with E-state index in [1.165, 1.54) is 17.3 Å². The topological polar surface area (TPSA) is 48.3 Å². The number of carbonyl (C=O) groups excluding carboxylic acids is 1. The number of rotatable bonds is 5. The molecule has 1 spiro atoms. The van der Waals surface area contributed by atoms with Gasteiger partial charge in [0.25, 0.3) is 0 Å². The van der Waals surface area contributed by atoms with Crippen molar-refractivity contribution in [2.75, 3.05) is 10.0 Å². The molecule has 5 nitrogen and oxygen atoms in total. The molecule has 0 radical (unpaired) electrons. The number of ketones is 1. The van der Waals surface area contributed by atoms with E-state index in [-0.39, 0.29) is 5.78 Å². The molecule has 2 heterocycles. The largest absolute Gasteiger partial charge is 0.292 e. The van der Waals surface area contributed by atoms with Gasteiger partial charge in [0, 0.05) is 23.6 Å². The van der Waals surface area contributed by atoms with Crippen LogP contribution in [-0.4, -0.2) is 16.5 Å². The number of Topliss-reactive ketones (excluding diaryl/α,β-unsaturated/α-hetero) is 1. The molecule has 38 heavy (non-hydrogen) atoms. The number of hydrogen-bond donors (Lipinski definition) is 0. The summed E-state index contributed by atoms with van der Waals surface area (Å²) in [5.74, 6) is -0.112. The number of hydrogen-bond acceptors (Lipinski definition) is 6. The van der Waals surface area contributed by atoms with Gasteiger partial charge in [-0.1, -0.05) is 97.4 Å². The number of fused-ring (bicyclic) bond motifs is 2. The first kappa shape index (κ1) is 24.5. The van der Waals surface area contributed by atoms with Crippen molar-refractivity contribution in [2.24, 2.45) is 10.2 Å². The average Bonchev–Trinajstić information content (AvgIpc) is 3.35. The number of anilines is 2. The molecule has 188 valence electrons. The molecule has 0 N–H and O–H groups in total. The molecule has 0 fully saturated rings. The summed E-state index contributed by atoms with van der Waals surface area (Å²) in [5.41, 5.74) is 6.66. The summed E-state index contributed by atoms with van der Waals surface area (Å²) in [7, 11) is 0. The summed E-state index contributed by atoms with van der Waals surface area (Å²) in [4.78, 5) is 11.8. The van der Waals surface area contributed by atoms with Crippen LogP contribution in [0.25, 0.3) is 0 Å². The molecule has 6 rings (SSSR count). The molecule has 2 aliphatic heterocycles. The van der Waals surface area contributed by atoms with Gasteiger partial charge >= 0.3 is 0 Å². The Morgan fingerprint density at radius 1 is 0.842 bits per heavy atom. The predicted molar refractivity (Wildman–Crippen MR) is 158 cm³/mol. The zero-order chi connectivity index (χ0) is 26.3. The lowest BCUT2D eigenvalue weighted by Gasteiger charge is -2.47. The van der Waals surface area contributed by atoms with Crippen molar-refractivity contribution in [1.29, 1.82) is 0 Å². The Hall–Kier alpha value is -3.87. The number of hydrazone groups is 2. The van der Waals surface area contributed by atoms with Crippen molar-refractivity contribution in [3.05, 3.63) is 130 Å². The van der Waals surface area contributed by atoms with E-state index in [0.717, 1.165) is 34.5 Å². The number of nitrogens with zero attached hydrogens (tertiary/aromatic N) is 4. The Balaban J connectivity index is 1.66. The van der Waals surface area contributed by atoms with Crippen LogP contribution in [-0.2, 0) is 16.2 Å². The van der Waals surface area contributed by atoms with Gasteiger partial charge in [0.05, 0.1) is 22.1 Å². The van der Waals surface area contributed by atoms with Crippen molar-refractivity contribution in [3.8, 4) is 0 Å². The molecule has 0 saturated heterocycles. The van der Waals surface area contributed by atoms with Crippen LogP contribution < -0.4 is 10.0 Å². The highest BCUT2D eigenvalue weighted by atomic mass is 35.5. The standard InChI is InChI=1S/C31H25ClN4OS/c1-3-22-17-19-23(20-18-22)29-25-13-7-8-14-26(25)31(35(33-29)24-11-5-4-6-12-24)36(34-30(38-31)21(2)37)28-16-10-9-15-27(28)32/h4-20H,3H2,1-2H3. The van der Waals surface area contributed by atoms with E-state index in [4.69, 9.17) is 21.8 Å². The third kappa shape index (κ3) is 3.92. The lowest BCUT2D eigenvalue weighted by molar-refractivity contribution is -0.110. The van der Waals surface area contributed by atoms with Crippen molar-refractivity contribution >= 4 is 51.3 Å². The smallest absolute Gasteiger partial charge is 0.234 e. The van der Waals surface area contributed by atoms with E-state index in [1.807, 2.05) is 76.7 Å². The molecule has 0 saturated carbocycles. The zero-order valence-corrected chi connectivity index (χ0v) is 22.6. The highest BCUT2D eigenvalue weighted by Gasteiger charge is 2.56. The molecule has 2 aliphatic rings. The summed E-state index contributed by atoms with van der Waals surface area (Å²) >= 11 is 8.14. The SMILES string of the molecule is CCc1ccc(C2=NN(c3ccccc3)C3(SC(C(C)=O)=NN3c3ccccc3Cl)c3ccccc32)cc1. The van der Waals surface area contributed by atoms with Gasteiger partial charge in [-0.25, -0.2) is 10.0 Å². The first-order valence-electron chi connectivity index (χ1n) is 12.5. The quantitative estimate of drug-likeness (QED) is 0.266. The lowest BCUT2D eigenvalue weighted by atomic mass is 9.92. The van der Waals surface area contributed by atoms with Crippen LogP contribution in [0.3, 0.4) is 0 Å². The van der Waals surface area contributed by atoms with Gasteiger partial charge in [0.15, 0.2) is 10.8 Å². The number of para-hydroxylation sites is 2. The van der Waals surface area contributed by atoms with E-state index < -0.39 is 4.99 Å². The second kappa shape index (κ2) is 9.78. The summed E-state index contributed by atoms with van der Waals surface area (Å²) in [5, 5.41) is 14.9. The molecule has 0 bridgehead atoms. The van der Waals surface area contributed by atoms with Crippen LogP contribution in [0.4, 0.5) is 11.4 Å². The minimum atomic E-state index is -1.02. The second-order valence-corrected chi connectivity index (χ2v) is 10.7. The molecule has 1 atom stereocenters. The number of halogens is 1. The molecule has 0 amide bonds. The van der Waals surface area contributed by atoms with Gasteiger partial charge < -0.3 is 0 Å². The molecular formula is C31H25ClN4OS. The highest BCUT2D eigenvalue weighted by Crippen LogP contribution is 2.55. The summed E-state index contributed by atoms with van der Waals surface area (Å²) < 4.78 is 0. The molecular weight excluding hydrogens is 512 g/mol. The van der Waals surface area contributed by atoms with Gasteiger partial charge in [-0.05, 0) is 48.0 Å². The van der Waals surface area contributed by atoms with E-state index >= 15 is 0 Å². The van der Waals surface area contributed by atoms with Gasteiger partial charge in [0.2, 0.25) is 4.99 Å². The molecule has 0 aliphatic carbocycles. The second-order valence-electron chi connectivity index (χ2n) is 9.13. The molecule has 1 unspecified atom stereocenters. The summed E-state index contributed by atoms with van der Waals surface area (Å²) in [6.07, 6.45) is 0.969. The first-order chi connectivity index (χ1) is 18.5. The molecule has 4 aromatic rings. The Morgan fingerprint density at radius 3 is 2.24 bits per heavy atom. The van der Waals surface area contributed by atoms with Gasteiger partial charge in [-0.2, -0.15) is 10.2 Å². The Labute approximate surface area is 231 Å². The maximum absolute atomic E-state index is 12.8. The van der Waals surface area contributed by atoms with Crippen molar-refractivity contribution in [1.82, 2.24) is 0 Å². The van der Waals surface area contributed by atoms with Gasteiger partial charge in [-0.15, -0.1) is 0 Å². The van der Waals surface area contributed by atoms with Crippen molar-refractivity contribution in [2.45, 2.75) is 25.3 Å². The number of benzene rings is 4. The van der Waals surface area contributed by atoms with E-state index in [1.54, 1.807) is 6.92 Å². The minimum absolute atomic E-state index is 0.112. The fourth-order valence-corrected chi connectivity index (χ4v) is 6.36. The van der Waals surface area contributed by atoms with Crippen LogP contribution in [0.1, 0.15) is 36.1 Å². The van der Waals surface area contributed by atoms with E-state index in [0.29, 0.717) is 15.8 Å². The monoisotopic (exact) mass is 536 g/mol. The average molecular weight is 537 g/mol. The number of aryl methyl sites for hydroxylation is 1. The van der Waals surface area contributed by atoms with Crippen LogP contribution >= 0.6 is 23.4 Å². The van der Waals surface area contributed by atoms with Crippen molar-refractivity contribution in [3.63, 3.8) is 0 Å². The highest BCUT2D eigenvalue weighted by molar-refractivity contribution is 8.17. The summed E-state index contributed by atoms with van der Waals surface area (Å²) in [6.45, 7) is 3.69. The van der Waals surface area contributed by atoms with Crippen LogP contribution in [0.2, 0.25) is 5.02 Å². The lowest BCUT2D eigenvalue weighted by Crippen LogP contribution is -2.54. The fourth-order valence-electron chi connectivity index (χ4n) is 4.86. The molecule has 0 aromatic heterocycles. The molecule has 7 heteroatoms. The van der Waals surface area contributed by atoms with Gasteiger partial charge in [0.1, 0.15) is 0 Å². The summed E-state index contributed by atoms with van der Waals surface area (Å²) in [6, 6.07) is 34.3. The normalized spacial score (nSPS) is 18.3. The molecule has 4 aromatic carbocycles. The van der Waals surface area contributed by atoms with Gasteiger partial charge in [-0.3, -0.25) is 4.79 Å². The van der Waals surface area contributed by atoms with Crippen LogP contribution in [0.15, 0.2) is 113 Å². The maximum Gasteiger partial charge on any atom is 0.234 e. The first-order valence-corrected chi connectivity index (χ1v) is 13.7. The Kier molecular flexibility index (Phi) is 6.30. The third-order valence-electron chi connectivity index (χ3n) is 6.76. The fraction of sp³-hybridized carbons (Fsp3) is 0.129.